The van der Waals surface area contributed by atoms with Crippen molar-refractivity contribution in [3.05, 3.63) is 95.6 Å². The predicted molar refractivity (Wildman–Crippen MR) is 154 cm³/mol. The molecule has 1 atom stereocenters. The lowest BCUT2D eigenvalue weighted by molar-refractivity contribution is -0.139. The van der Waals surface area contributed by atoms with Crippen molar-refractivity contribution < 1.29 is 26.8 Å². The summed E-state index contributed by atoms with van der Waals surface area (Å²) in [4.78, 5) is 28.4. The molecule has 4 rings (SSSR count). The average molecular weight is 584 g/mol. The van der Waals surface area contributed by atoms with Gasteiger partial charge in [-0.2, -0.15) is 0 Å². The SMILES string of the molecule is Cc1ccc(S(=O)(=O)N(CC(=O)N(Cc2ccccc2F)[C@H](C)C(=O)NC2CCCCC2)c2ccc(F)cc2)cc1. The lowest BCUT2D eigenvalue weighted by Gasteiger charge is -2.33. The maximum atomic E-state index is 14.7. The third kappa shape index (κ3) is 7.49. The minimum Gasteiger partial charge on any atom is -0.352 e. The van der Waals surface area contributed by atoms with Gasteiger partial charge in [0.2, 0.25) is 11.8 Å². The van der Waals surface area contributed by atoms with Crippen molar-refractivity contribution in [2.45, 2.75) is 69.5 Å². The van der Waals surface area contributed by atoms with Gasteiger partial charge in [0.15, 0.2) is 0 Å². The zero-order chi connectivity index (χ0) is 29.6. The number of sulfonamides is 1. The summed E-state index contributed by atoms with van der Waals surface area (Å²) in [5.74, 6) is -2.22. The largest absolute Gasteiger partial charge is 0.352 e. The Balaban J connectivity index is 1.68. The molecule has 0 bridgehead atoms. The Kier molecular flexibility index (Phi) is 9.75. The van der Waals surface area contributed by atoms with Crippen molar-refractivity contribution in [1.29, 1.82) is 0 Å². The monoisotopic (exact) mass is 583 g/mol. The van der Waals surface area contributed by atoms with Crippen LogP contribution in [0.5, 0.6) is 0 Å². The highest BCUT2D eigenvalue weighted by Gasteiger charge is 2.33. The molecule has 218 valence electrons. The molecular formula is C31H35F2N3O4S. The van der Waals surface area contributed by atoms with Crippen LogP contribution in [0.3, 0.4) is 0 Å². The van der Waals surface area contributed by atoms with Gasteiger partial charge in [0.05, 0.1) is 10.6 Å². The smallest absolute Gasteiger partial charge is 0.264 e. The van der Waals surface area contributed by atoms with Crippen molar-refractivity contribution >= 4 is 27.5 Å². The van der Waals surface area contributed by atoms with E-state index in [9.17, 15) is 26.8 Å². The molecule has 1 aliphatic rings. The standard InChI is InChI=1S/C31H35F2N3O4S/c1-22-12-18-28(19-13-22)41(39,40)36(27-16-14-25(32)15-17-27)21-30(37)35(20-24-8-6-7-11-29(24)33)23(2)31(38)34-26-9-4-3-5-10-26/h6-8,11-19,23,26H,3-5,9-10,20-21H2,1-2H3,(H,34,38)/t23-/m1/s1. The van der Waals surface area contributed by atoms with Crippen molar-refractivity contribution in [3.8, 4) is 0 Å². The number of carbonyl (C=O) groups excluding carboxylic acids is 2. The van der Waals surface area contributed by atoms with E-state index in [2.05, 4.69) is 5.32 Å². The third-order valence-corrected chi connectivity index (χ3v) is 9.21. The lowest BCUT2D eigenvalue weighted by atomic mass is 9.95. The minimum atomic E-state index is -4.27. The molecule has 10 heteroatoms. The van der Waals surface area contributed by atoms with Crippen LogP contribution in [0.1, 0.15) is 50.2 Å². The summed E-state index contributed by atoms with van der Waals surface area (Å²) in [7, 11) is -4.27. The fourth-order valence-corrected chi connectivity index (χ4v) is 6.35. The van der Waals surface area contributed by atoms with Gasteiger partial charge >= 0.3 is 0 Å². The first-order valence-corrected chi connectivity index (χ1v) is 15.2. The first-order chi connectivity index (χ1) is 19.6. The molecular weight excluding hydrogens is 548 g/mol. The molecule has 41 heavy (non-hydrogen) atoms. The summed E-state index contributed by atoms with van der Waals surface area (Å²) < 4.78 is 56.9. The van der Waals surface area contributed by atoms with Crippen LogP contribution in [0.2, 0.25) is 0 Å². The van der Waals surface area contributed by atoms with Crippen LogP contribution in [0.15, 0.2) is 77.7 Å². The molecule has 0 aliphatic heterocycles. The Labute approximate surface area is 240 Å². The molecule has 7 nitrogen and oxygen atoms in total. The van der Waals surface area contributed by atoms with Gasteiger partial charge in [-0.3, -0.25) is 13.9 Å². The zero-order valence-corrected chi connectivity index (χ0v) is 24.0. The molecule has 1 saturated carbocycles. The Bertz CT molecular complexity index is 1460. The predicted octanol–water partition coefficient (Wildman–Crippen LogP) is 5.33. The highest BCUT2D eigenvalue weighted by molar-refractivity contribution is 7.92. The van der Waals surface area contributed by atoms with Crippen LogP contribution < -0.4 is 9.62 Å². The van der Waals surface area contributed by atoms with Crippen LogP contribution in [0, 0.1) is 18.6 Å². The lowest BCUT2D eigenvalue weighted by Crippen LogP contribution is -2.53. The number of anilines is 1. The summed E-state index contributed by atoms with van der Waals surface area (Å²) >= 11 is 0. The Morgan fingerprint density at radius 3 is 2.20 bits per heavy atom. The van der Waals surface area contributed by atoms with Crippen LogP contribution in [-0.2, 0) is 26.2 Å². The topological polar surface area (TPSA) is 86.8 Å². The molecule has 1 N–H and O–H groups in total. The van der Waals surface area contributed by atoms with Gasteiger partial charge in [0.25, 0.3) is 10.0 Å². The summed E-state index contributed by atoms with van der Waals surface area (Å²) in [6.45, 7) is 2.44. The van der Waals surface area contributed by atoms with Gasteiger partial charge in [-0.1, -0.05) is 55.2 Å². The summed E-state index contributed by atoms with van der Waals surface area (Å²) in [5.41, 5.74) is 1.11. The fraction of sp³-hybridized carbons (Fsp3) is 0.355. The summed E-state index contributed by atoms with van der Waals surface area (Å²) in [6, 6.07) is 15.8. The van der Waals surface area contributed by atoms with Crippen LogP contribution >= 0.6 is 0 Å². The van der Waals surface area contributed by atoms with Gasteiger partial charge in [-0.25, -0.2) is 17.2 Å². The highest BCUT2D eigenvalue weighted by Crippen LogP contribution is 2.26. The van der Waals surface area contributed by atoms with E-state index in [0.29, 0.717) is 0 Å². The number of hydrogen-bond donors (Lipinski definition) is 1. The Hall–Kier alpha value is -3.79. The Morgan fingerprint density at radius 1 is 0.927 bits per heavy atom. The van der Waals surface area contributed by atoms with Gasteiger partial charge in [0.1, 0.15) is 24.2 Å². The van der Waals surface area contributed by atoms with Gasteiger partial charge in [-0.05, 0) is 69.2 Å². The van der Waals surface area contributed by atoms with E-state index in [0.717, 1.165) is 54.1 Å². The molecule has 2 amide bonds. The van der Waals surface area contributed by atoms with Crippen molar-refractivity contribution in [3.63, 3.8) is 0 Å². The minimum absolute atomic E-state index is 0.0123. The van der Waals surface area contributed by atoms with Crippen molar-refractivity contribution in [1.82, 2.24) is 10.2 Å². The maximum Gasteiger partial charge on any atom is 0.264 e. The normalized spacial score (nSPS) is 14.7. The molecule has 3 aromatic carbocycles. The highest BCUT2D eigenvalue weighted by atomic mass is 32.2. The van der Waals surface area contributed by atoms with E-state index in [1.165, 1.54) is 47.4 Å². The number of aryl methyl sites for hydroxylation is 1. The van der Waals surface area contributed by atoms with Crippen molar-refractivity contribution in [2.75, 3.05) is 10.8 Å². The molecule has 0 saturated heterocycles. The quantitative estimate of drug-likeness (QED) is 0.349. The number of rotatable bonds is 10. The van der Waals surface area contributed by atoms with Crippen LogP contribution in [0.4, 0.5) is 14.5 Å². The second-order valence-corrected chi connectivity index (χ2v) is 12.3. The molecule has 0 spiro atoms. The molecule has 0 aromatic heterocycles. The first-order valence-electron chi connectivity index (χ1n) is 13.7. The second-order valence-electron chi connectivity index (χ2n) is 10.4. The number of carbonyl (C=O) groups is 2. The molecule has 1 aliphatic carbocycles. The molecule has 3 aromatic rings. The van der Waals surface area contributed by atoms with Gasteiger partial charge in [0, 0.05) is 18.2 Å². The third-order valence-electron chi connectivity index (χ3n) is 7.42. The maximum absolute atomic E-state index is 14.7. The van der Waals surface area contributed by atoms with Crippen LogP contribution in [0.25, 0.3) is 0 Å². The first kappa shape index (κ1) is 30.2. The fourth-order valence-electron chi connectivity index (χ4n) is 4.94. The number of halogens is 2. The van der Waals surface area contributed by atoms with Crippen molar-refractivity contribution in [2.24, 2.45) is 0 Å². The van der Waals surface area contributed by atoms with E-state index in [1.54, 1.807) is 25.1 Å². The molecule has 0 radical (unpaired) electrons. The zero-order valence-electron chi connectivity index (χ0n) is 23.2. The number of nitrogens with zero attached hydrogens (tertiary/aromatic N) is 2. The molecule has 0 unspecified atom stereocenters. The van der Waals surface area contributed by atoms with E-state index < -0.39 is 46.1 Å². The summed E-state index contributed by atoms with van der Waals surface area (Å²) in [6.07, 6.45) is 4.79. The van der Waals surface area contributed by atoms with Gasteiger partial charge in [-0.15, -0.1) is 0 Å². The number of nitrogens with one attached hydrogen (secondary N) is 1. The average Bonchev–Trinajstić information content (AvgIpc) is 2.96. The summed E-state index contributed by atoms with van der Waals surface area (Å²) in [5, 5.41) is 3.01. The van der Waals surface area contributed by atoms with E-state index in [4.69, 9.17) is 0 Å². The van der Waals surface area contributed by atoms with E-state index >= 15 is 0 Å². The van der Waals surface area contributed by atoms with Crippen LogP contribution in [-0.4, -0.2) is 43.8 Å². The van der Waals surface area contributed by atoms with E-state index in [1.807, 2.05) is 6.92 Å². The number of amides is 2. The molecule has 1 fully saturated rings. The van der Waals surface area contributed by atoms with Gasteiger partial charge < -0.3 is 10.2 Å². The number of benzene rings is 3. The number of hydrogen-bond acceptors (Lipinski definition) is 4. The van der Waals surface area contributed by atoms with E-state index in [-0.39, 0.29) is 28.7 Å². The Morgan fingerprint density at radius 2 is 1.56 bits per heavy atom. The second kappa shape index (κ2) is 13.2. The molecule has 0 heterocycles.